The number of halogens is 1. The summed E-state index contributed by atoms with van der Waals surface area (Å²) in [6.07, 6.45) is 3.24. The van der Waals surface area contributed by atoms with E-state index in [4.69, 9.17) is 11.6 Å². The lowest BCUT2D eigenvalue weighted by atomic mass is 10.3. The third-order valence-corrected chi connectivity index (χ3v) is 1.99. The Kier molecular flexibility index (Phi) is 5.21. The summed E-state index contributed by atoms with van der Waals surface area (Å²) in [6, 6.07) is 2.97. The van der Waals surface area contributed by atoms with E-state index in [1.807, 2.05) is 0 Å². The molecule has 0 radical (unpaired) electrons. The number of nitrogens with zero attached hydrogens (tertiary/aromatic N) is 3. The van der Waals surface area contributed by atoms with Crippen LogP contribution in [0.1, 0.15) is 5.56 Å². The molecule has 0 aliphatic carbocycles. The lowest BCUT2D eigenvalue weighted by molar-refractivity contribution is 0.202. The molecule has 0 aliphatic heterocycles. The predicted molar refractivity (Wildman–Crippen MR) is 59.7 cm³/mol. The van der Waals surface area contributed by atoms with Gasteiger partial charge >= 0.3 is 6.03 Å². The summed E-state index contributed by atoms with van der Waals surface area (Å²) in [5.41, 5.74) is 0.889. The highest BCUT2D eigenvalue weighted by Crippen LogP contribution is 1.97. The number of aromatic nitrogens is 1. The third-order valence-electron chi connectivity index (χ3n) is 1.82. The monoisotopic (exact) mass is 242 g/mol. The minimum atomic E-state index is -0.563. The normalized spacial score (nSPS) is 9.56. The van der Waals surface area contributed by atoms with Crippen molar-refractivity contribution >= 4 is 17.6 Å². The molecule has 1 N–H and O–H groups in total. The minimum Gasteiger partial charge on any atom is -0.332 e. The minimum absolute atomic E-state index is 0.0905. The van der Waals surface area contributed by atoms with Crippen LogP contribution in [0.3, 0.4) is 0 Å². The molecule has 0 aliphatic rings. The topological polar surface area (TPSA) is 74.7 Å². The van der Waals surface area contributed by atoms with E-state index in [-0.39, 0.29) is 12.4 Å². The van der Waals surface area contributed by atoms with Crippen LogP contribution in [0.15, 0.2) is 29.8 Å². The van der Waals surface area contributed by atoms with Crippen LogP contribution in [0.25, 0.3) is 0 Å². The van der Waals surface area contributed by atoms with Crippen molar-refractivity contribution in [3.05, 3.63) is 35.0 Å². The van der Waals surface area contributed by atoms with Gasteiger partial charge in [-0.05, 0) is 17.7 Å². The van der Waals surface area contributed by atoms with Crippen LogP contribution in [0.2, 0.25) is 0 Å². The molecule has 0 atom stereocenters. The number of carbonyl (C=O) groups excluding carboxylic acids is 1. The standard InChI is InChI=1S/C9H11ClN4O2/c10-3-6-14(13-16)9(15)12-7-8-1-4-11-5-2-8/h1-2,4-5H,3,6-7H2,(H,12,15). The van der Waals surface area contributed by atoms with Gasteiger partial charge in [-0.2, -0.15) is 5.01 Å². The number of hydrogen-bond donors (Lipinski definition) is 1. The molecule has 1 rings (SSSR count). The Balaban J connectivity index is 2.42. The van der Waals surface area contributed by atoms with Gasteiger partial charge in [-0.3, -0.25) is 4.98 Å². The average molecular weight is 243 g/mol. The molecule has 0 unspecified atom stereocenters. The van der Waals surface area contributed by atoms with Crippen LogP contribution in [-0.4, -0.2) is 28.4 Å². The van der Waals surface area contributed by atoms with Gasteiger partial charge in [-0.1, -0.05) is 0 Å². The number of nitrogens with one attached hydrogen (secondary N) is 1. The third kappa shape index (κ3) is 3.82. The zero-order chi connectivity index (χ0) is 11.8. The van der Waals surface area contributed by atoms with Gasteiger partial charge in [0.25, 0.3) is 0 Å². The second-order valence-electron chi connectivity index (χ2n) is 2.91. The number of rotatable bonds is 5. The Morgan fingerprint density at radius 2 is 2.19 bits per heavy atom. The van der Waals surface area contributed by atoms with Crippen LogP contribution in [-0.2, 0) is 6.54 Å². The molecule has 6 nitrogen and oxygen atoms in total. The fraction of sp³-hybridized carbons (Fsp3) is 0.333. The first-order chi connectivity index (χ1) is 7.77. The van der Waals surface area contributed by atoms with Gasteiger partial charge in [-0.15, -0.1) is 16.5 Å². The van der Waals surface area contributed by atoms with Crippen molar-refractivity contribution in [1.29, 1.82) is 0 Å². The highest BCUT2D eigenvalue weighted by molar-refractivity contribution is 6.18. The number of hydrogen-bond acceptors (Lipinski definition) is 4. The van der Waals surface area contributed by atoms with Crippen LogP contribution in [0, 0.1) is 4.91 Å². The van der Waals surface area contributed by atoms with E-state index < -0.39 is 6.03 Å². The molecule has 7 heteroatoms. The molecule has 1 aromatic rings. The first kappa shape index (κ1) is 12.4. The van der Waals surface area contributed by atoms with E-state index >= 15 is 0 Å². The smallest absolute Gasteiger partial charge is 0.332 e. The van der Waals surface area contributed by atoms with Gasteiger partial charge in [-0.25, -0.2) is 4.79 Å². The van der Waals surface area contributed by atoms with Gasteiger partial charge in [0.1, 0.15) is 0 Å². The van der Waals surface area contributed by atoms with Gasteiger partial charge in [0, 0.05) is 24.8 Å². The van der Waals surface area contributed by atoms with E-state index in [0.717, 1.165) is 10.6 Å². The van der Waals surface area contributed by atoms with Crippen molar-refractivity contribution in [2.24, 2.45) is 5.29 Å². The zero-order valence-electron chi connectivity index (χ0n) is 8.47. The van der Waals surface area contributed by atoms with Gasteiger partial charge in [0.05, 0.1) is 11.8 Å². The Morgan fingerprint density at radius 1 is 1.50 bits per heavy atom. The molecule has 2 amide bonds. The second-order valence-corrected chi connectivity index (χ2v) is 3.29. The number of pyridine rings is 1. The predicted octanol–water partition coefficient (Wildman–Crippen LogP) is 1.51. The van der Waals surface area contributed by atoms with Crippen LogP contribution in [0.4, 0.5) is 4.79 Å². The molecule has 0 saturated carbocycles. The van der Waals surface area contributed by atoms with E-state index in [0.29, 0.717) is 6.54 Å². The number of urea groups is 1. The van der Waals surface area contributed by atoms with Crippen molar-refractivity contribution in [2.45, 2.75) is 6.54 Å². The van der Waals surface area contributed by atoms with E-state index in [1.165, 1.54) is 0 Å². The van der Waals surface area contributed by atoms with Crippen LogP contribution in [0.5, 0.6) is 0 Å². The lowest BCUT2D eigenvalue weighted by Gasteiger charge is -2.12. The lowest BCUT2D eigenvalue weighted by Crippen LogP contribution is -2.36. The first-order valence-corrected chi connectivity index (χ1v) is 5.15. The fourth-order valence-electron chi connectivity index (χ4n) is 1.03. The van der Waals surface area contributed by atoms with Gasteiger partial charge in [0.15, 0.2) is 0 Å². The highest BCUT2D eigenvalue weighted by Gasteiger charge is 2.12. The average Bonchev–Trinajstić information content (AvgIpc) is 2.34. The molecule has 1 heterocycles. The quantitative estimate of drug-likeness (QED) is 0.483. The summed E-state index contributed by atoms with van der Waals surface area (Å²) in [5.74, 6) is 0.161. The molecule has 86 valence electrons. The maximum atomic E-state index is 11.4. The number of alkyl halides is 1. The molecule has 0 saturated heterocycles. The van der Waals surface area contributed by atoms with Crippen molar-refractivity contribution in [2.75, 3.05) is 12.4 Å². The number of amides is 2. The van der Waals surface area contributed by atoms with Crippen LogP contribution >= 0.6 is 11.6 Å². The summed E-state index contributed by atoms with van der Waals surface area (Å²) in [6.45, 7) is 0.406. The largest absolute Gasteiger partial charge is 0.340 e. The number of carbonyl (C=O) groups is 1. The van der Waals surface area contributed by atoms with Gasteiger partial charge < -0.3 is 5.32 Å². The van der Waals surface area contributed by atoms with Crippen LogP contribution < -0.4 is 5.32 Å². The number of nitroso groups, excluding NO2 is 1. The maximum Gasteiger partial charge on any atom is 0.340 e. The van der Waals surface area contributed by atoms with Crippen molar-refractivity contribution < 1.29 is 4.79 Å². The molecule has 1 aromatic heterocycles. The molecular formula is C9H11ClN4O2. The molecular weight excluding hydrogens is 232 g/mol. The summed E-state index contributed by atoms with van der Waals surface area (Å²) in [4.78, 5) is 25.5. The van der Waals surface area contributed by atoms with Crippen molar-refractivity contribution in [3.63, 3.8) is 0 Å². The summed E-state index contributed by atoms with van der Waals surface area (Å²) in [7, 11) is 0. The Bertz CT molecular complexity index is 347. The van der Waals surface area contributed by atoms with Crippen molar-refractivity contribution in [1.82, 2.24) is 15.3 Å². The summed E-state index contributed by atoms with van der Waals surface area (Å²) in [5, 5.41) is 5.85. The Morgan fingerprint density at radius 3 is 2.75 bits per heavy atom. The van der Waals surface area contributed by atoms with Crippen molar-refractivity contribution in [3.8, 4) is 0 Å². The van der Waals surface area contributed by atoms with E-state index in [2.05, 4.69) is 15.6 Å². The fourth-order valence-corrected chi connectivity index (χ4v) is 1.19. The summed E-state index contributed by atoms with van der Waals surface area (Å²) < 4.78 is 0. The Hall–Kier alpha value is -1.69. The van der Waals surface area contributed by atoms with E-state index in [9.17, 15) is 9.70 Å². The first-order valence-electron chi connectivity index (χ1n) is 4.61. The zero-order valence-corrected chi connectivity index (χ0v) is 9.22. The maximum absolute atomic E-state index is 11.4. The molecule has 0 fully saturated rings. The highest BCUT2D eigenvalue weighted by atomic mass is 35.5. The molecule has 0 spiro atoms. The SMILES string of the molecule is O=NN(CCCl)C(=O)NCc1ccncc1. The molecule has 0 aromatic carbocycles. The molecule has 16 heavy (non-hydrogen) atoms. The Labute approximate surface area is 97.6 Å². The van der Waals surface area contributed by atoms with Gasteiger partial charge in [0.2, 0.25) is 0 Å². The second kappa shape index (κ2) is 6.73. The molecule has 0 bridgehead atoms. The summed E-state index contributed by atoms with van der Waals surface area (Å²) >= 11 is 5.41. The van der Waals surface area contributed by atoms with E-state index in [1.54, 1.807) is 24.5 Å².